The average Bonchev–Trinajstić information content (AvgIpc) is 2.57. The molecule has 0 heterocycles. The highest BCUT2D eigenvalue weighted by molar-refractivity contribution is 5.27. The molecule has 2 aromatic rings. The summed E-state index contributed by atoms with van der Waals surface area (Å²) in [5.74, 6) is 1.63. The van der Waals surface area contributed by atoms with Crippen LogP contribution in [0.4, 0.5) is 0 Å². The minimum absolute atomic E-state index is 0.659. The fourth-order valence-corrected chi connectivity index (χ4v) is 2.46. The Bertz CT molecular complexity index is 593. The molecule has 0 amide bonds. The summed E-state index contributed by atoms with van der Waals surface area (Å²) in [7, 11) is 1.72. The zero-order valence-corrected chi connectivity index (χ0v) is 15.0. The van der Waals surface area contributed by atoms with Crippen LogP contribution in [0, 0.1) is 5.92 Å². The third-order valence-electron chi connectivity index (χ3n) is 3.85. The lowest BCUT2D eigenvalue weighted by Gasteiger charge is -2.10. The number of nitrogens with one attached hydrogen (secondary N) is 1. The molecule has 3 heteroatoms. The lowest BCUT2D eigenvalue weighted by atomic mass is 10.1. The first kappa shape index (κ1) is 18.5. The van der Waals surface area contributed by atoms with Crippen LogP contribution in [0.1, 0.15) is 37.0 Å². The van der Waals surface area contributed by atoms with Crippen molar-refractivity contribution in [2.24, 2.45) is 5.92 Å². The first-order chi connectivity index (χ1) is 11.7. The van der Waals surface area contributed by atoms with Crippen molar-refractivity contribution in [3.63, 3.8) is 0 Å². The highest BCUT2D eigenvalue weighted by Crippen LogP contribution is 2.13. The van der Waals surface area contributed by atoms with Crippen molar-refractivity contribution in [2.75, 3.05) is 13.7 Å². The van der Waals surface area contributed by atoms with Crippen molar-refractivity contribution >= 4 is 0 Å². The van der Waals surface area contributed by atoms with Crippen molar-refractivity contribution in [1.29, 1.82) is 0 Å². The molecule has 24 heavy (non-hydrogen) atoms. The summed E-state index contributed by atoms with van der Waals surface area (Å²) in [5.41, 5.74) is 3.75. The van der Waals surface area contributed by atoms with Crippen LogP contribution in [0.15, 0.2) is 48.5 Å². The Morgan fingerprint density at radius 1 is 0.917 bits per heavy atom. The van der Waals surface area contributed by atoms with Crippen LogP contribution in [0.3, 0.4) is 0 Å². The van der Waals surface area contributed by atoms with E-state index >= 15 is 0 Å². The summed E-state index contributed by atoms with van der Waals surface area (Å²) in [6, 6.07) is 16.8. The van der Waals surface area contributed by atoms with Crippen LogP contribution < -0.4 is 10.1 Å². The van der Waals surface area contributed by atoms with Crippen LogP contribution in [-0.2, 0) is 24.4 Å². The maximum absolute atomic E-state index is 5.75. The van der Waals surface area contributed by atoms with Crippen molar-refractivity contribution in [3.05, 3.63) is 65.2 Å². The molecule has 0 saturated carbocycles. The predicted molar refractivity (Wildman–Crippen MR) is 99.1 cm³/mol. The van der Waals surface area contributed by atoms with Crippen molar-refractivity contribution in [1.82, 2.24) is 5.32 Å². The molecule has 0 spiro atoms. The molecule has 0 unspecified atom stereocenters. The summed E-state index contributed by atoms with van der Waals surface area (Å²) in [5, 5.41) is 3.48. The van der Waals surface area contributed by atoms with Crippen LogP contribution in [0.2, 0.25) is 0 Å². The molecule has 0 aromatic heterocycles. The molecule has 0 radical (unpaired) electrons. The second-order valence-corrected chi connectivity index (χ2v) is 6.53. The summed E-state index contributed by atoms with van der Waals surface area (Å²) in [6.45, 7) is 7.57. The normalized spacial score (nSPS) is 11.0. The highest BCUT2D eigenvalue weighted by Gasteiger charge is 1.99. The standard InChI is InChI=1S/C21H29NO2/c1-17(2)11-12-24-21-9-7-18(8-10-21)14-22-15-19-5-4-6-20(13-19)16-23-3/h4-10,13,17,22H,11-12,14-16H2,1-3H3. The third-order valence-corrected chi connectivity index (χ3v) is 3.85. The lowest BCUT2D eigenvalue weighted by Crippen LogP contribution is -2.12. The first-order valence-electron chi connectivity index (χ1n) is 8.66. The summed E-state index contributed by atoms with van der Waals surface area (Å²) in [4.78, 5) is 0. The van der Waals surface area contributed by atoms with Gasteiger partial charge in [-0.1, -0.05) is 50.2 Å². The maximum Gasteiger partial charge on any atom is 0.119 e. The topological polar surface area (TPSA) is 30.5 Å². The van der Waals surface area contributed by atoms with E-state index in [9.17, 15) is 0 Å². The maximum atomic E-state index is 5.75. The zero-order chi connectivity index (χ0) is 17.2. The number of methoxy groups -OCH3 is 1. The summed E-state index contributed by atoms with van der Waals surface area (Å²) in [6.07, 6.45) is 1.09. The van der Waals surface area contributed by atoms with Crippen LogP contribution in [0.25, 0.3) is 0 Å². The first-order valence-corrected chi connectivity index (χ1v) is 8.66. The fraction of sp³-hybridized carbons (Fsp3) is 0.429. The minimum Gasteiger partial charge on any atom is -0.494 e. The van der Waals surface area contributed by atoms with Crippen LogP contribution >= 0.6 is 0 Å². The number of ether oxygens (including phenoxy) is 2. The molecule has 0 saturated heterocycles. The van der Waals surface area contributed by atoms with Crippen molar-refractivity contribution in [3.8, 4) is 5.75 Å². The molecule has 0 aliphatic rings. The Kier molecular flexibility index (Phi) is 7.80. The molecular formula is C21H29NO2. The van der Waals surface area contributed by atoms with Gasteiger partial charge >= 0.3 is 0 Å². The minimum atomic E-state index is 0.659. The van der Waals surface area contributed by atoms with Gasteiger partial charge in [0.15, 0.2) is 0 Å². The van der Waals surface area contributed by atoms with Gasteiger partial charge in [0.25, 0.3) is 0 Å². The molecule has 0 aliphatic carbocycles. The van der Waals surface area contributed by atoms with Gasteiger partial charge in [-0.2, -0.15) is 0 Å². The van der Waals surface area contributed by atoms with E-state index < -0.39 is 0 Å². The Morgan fingerprint density at radius 3 is 2.33 bits per heavy atom. The number of hydrogen-bond acceptors (Lipinski definition) is 3. The Balaban J connectivity index is 1.75. The smallest absolute Gasteiger partial charge is 0.119 e. The average molecular weight is 327 g/mol. The van der Waals surface area contributed by atoms with E-state index in [0.29, 0.717) is 12.5 Å². The number of rotatable bonds is 10. The number of hydrogen-bond donors (Lipinski definition) is 1. The monoisotopic (exact) mass is 327 g/mol. The van der Waals surface area contributed by atoms with E-state index in [0.717, 1.165) is 31.9 Å². The Morgan fingerprint density at radius 2 is 1.62 bits per heavy atom. The van der Waals surface area contributed by atoms with Crippen molar-refractivity contribution < 1.29 is 9.47 Å². The van der Waals surface area contributed by atoms with Gasteiger partial charge in [-0.15, -0.1) is 0 Å². The number of benzene rings is 2. The molecule has 0 aliphatic heterocycles. The Labute approximate surface area is 146 Å². The molecule has 130 valence electrons. The molecule has 1 N–H and O–H groups in total. The lowest BCUT2D eigenvalue weighted by molar-refractivity contribution is 0.185. The Hall–Kier alpha value is -1.84. The van der Waals surface area contributed by atoms with Crippen LogP contribution in [0.5, 0.6) is 5.75 Å². The molecule has 2 aromatic carbocycles. The van der Waals surface area contributed by atoms with E-state index in [4.69, 9.17) is 9.47 Å². The molecule has 3 nitrogen and oxygen atoms in total. The second-order valence-electron chi connectivity index (χ2n) is 6.53. The molecule has 0 fully saturated rings. The summed E-state index contributed by atoms with van der Waals surface area (Å²) < 4.78 is 10.9. The van der Waals surface area contributed by atoms with Gasteiger partial charge in [0.05, 0.1) is 13.2 Å². The van der Waals surface area contributed by atoms with Gasteiger partial charge in [0, 0.05) is 20.2 Å². The van der Waals surface area contributed by atoms with Gasteiger partial charge in [-0.05, 0) is 41.2 Å². The summed E-state index contributed by atoms with van der Waals surface area (Å²) >= 11 is 0. The van der Waals surface area contributed by atoms with E-state index in [1.807, 2.05) is 0 Å². The largest absolute Gasteiger partial charge is 0.494 e. The van der Waals surface area contributed by atoms with E-state index in [1.165, 1.54) is 16.7 Å². The second kappa shape index (κ2) is 10.1. The van der Waals surface area contributed by atoms with E-state index in [-0.39, 0.29) is 0 Å². The molecule has 0 atom stereocenters. The van der Waals surface area contributed by atoms with Gasteiger partial charge < -0.3 is 14.8 Å². The van der Waals surface area contributed by atoms with Gasteiger partial charge in [0.1, 0.15) is 5.75 Å². The van der Waals surface area contributed by atoms with E-state index in [1.54, 1.807) is 7.11 Å². The fourth-order valence-electron chi connectivity index (χ4n) is 2.46. The van der Waals surface area contributed by atoms with E-state index in [2.05, 4.69) is 67.7 Å². The molecule has 0 bridgehead atoms. The van der Waals surface area contributed by atoms with Crippen molar-refractivity contribution in [2.45, 2.75) is 40.0 Å². The van der Waals surface area contributed by atoms with Gasteiger partial charge in [0.2, 0.25) is 0 Å². The van der Waals surface area contributed by atoms with Gasteiger partial charge in [-0.3, -0.25) is 0 Å². The predicted octanol–water partition coefficient (Wildman–Crippen LogP) is 4.55. The molecular weight excluding hydrogens is 298 g/mol. The van der Waals surface area contributed by atoms with Gasteiger partial charge in [-0.25, -0.2) is 0 Å². The highest BCUT2D eigenvalue weighted by atomic mass is 16.5. The SMILES string of the molecule is COCc1cccc(CNCc2ccc(OCCC(C)C)cc2)c1. The zero-order valence-electron chi connectivity index (χ0n) is 15.0. The quantitative estimate of drug-likeness (QED) is 0.694. The third kappa shape index (κ3) is 6.73. The molecule has 2 rings (SSSR count). The van der Waals surface area contributed by atoms with Crippen LogP contribution in [-0.4, -0.2) is 13.7 Å².